The Labute approximate surface area is 151 Å². The van der Waals surface area contributed by atoms with E-state index >= 15 is 0 Å². The largest absolute Gasteiger partial charge is 0.493 e. The molecule has 130 valence electrons. The molecule has 1 N–H and O–H groups in total. The van der Waals surface area contributed by atoms with E-state index in [9.17, 15) is 4.39 Å². The molecule has 0 atom stereocenters. The van der Waals surface area contributed by atoms with Crippen molar-refractivity contribution in [2.75, 3.05) is 7.11 Å². The Kier molecular flexibility index (Phi) is 6.24. The minimum absolute atomic E-state index is 0.0205. The van der Waals surface area contributed by atoms with Crippen LogP contribution >= 0.6 is 15.9 Å². The number of methoxy groups -OCH3 is 1. The van der Waals surface area contributed by atoms with Crippen molar-refractivity contribution in [1.82, 2.24) is 5.32 Å². The molecule has 3 nitrogen and oxygen atoms in total. The van der Waals surface area contributed by atoms with Gasteiger partial charge in [-0.05, 0) is 44.5 Å². The van der Waals surface area contributed by atoms with Gasteiger partial charge < -0.3 is 14.8 Å². The minimum atomic E-state index is -0.276. The van der Waals surface area contributed by atoms with Crippen LogP contribution < -0.4 is 14.8 Å². The first-order valence-electron chi connectivity index (χ1n) is 7.78. The van der Waals surface area contributed by atoms with Crippen molar-refractivity contribution in [1.29, 1.82) is 0 Å². The van der Waals surface area contributed by atoms with E-state index in [4.69, 9.17) is 9.47 Å². The smallest absolute Gasteiger partial charge is 0.162 e. The van der Waals surface area contributed by atoms with E-state index in [0.717, 1.165) is 10.0 Å². The normalized spacial score (nSPS) is 11.4. The van der Waals surface area contributed by atoms with Crippen molar-refractivity contribution in [3.63, 3.8) is 0 Å². The molecule has 0 aliphatic heterocycles. The molecule has 0 saturated carbocycles. The molecule has 0 amide bonds. The van der Waals surface area contributed by atoms with E-state index < -0.39 is 0 Å². The zero-order valence-electron chi connectivity index (χ0n) is 14.5. The highest BCUT2D eigenvalue weighted by atomic mass is 79.9. The maximum atomic E-state index is 13.7. The van der Waals surface area contributed by atoms with Gasteiger partial charge in [0.05, 0.1) is 7.11 Å². The summed E-state index contributed by atoms with van der Waals surface area (Å²) in [7, 11) is 1.60. The summed E-state index contributed by atoms with van der Waals surface area (Å²) in [6.45, 7) is 7.20. The summed E-state index contributed by atoms with van der Waals surface area (Å²) in [5.74, 6) is 0.925. The third-order valence-corrected chi connectivity index (χ3v) is 4.22. The van der Waals surface area contributed by atoms with Crippen LogP contribution in [-0.2, 0) is 13.2 Å². The van der Waals surface area contributed by atoms with Gasteiger partial charge in [0.2, 0.25) is 0 Å². The highest BCUT2D eigenvalue weighted by Gasteiger charge is 2.14. The molecule has 0 unspecified atom stereocenters. The fourth-order valence-electron chi connectivity index (χ4n) is 2.12. The molecule has 5 heteroatoms. The fourth-order valence-corrected chi connectivity index (χ4v) is 2.58. The maximum Gasteiger partial charge on any atom is 0.162 e. The number of hydrogen-bond acceptors (Lipinski definition) is 3. The lowest BCUT2D eigenvalue weighted by molar-refractivity contribution is 0.279. The van der Waals surface area contributed by atoms with Crippen LogP contribution in [0.25, 0.3) is 0 Å². The van der Waals surface area contributed by atoms with E-state index in [-0.39, 0.29) is 18.0 Å². The highest BCUT2D eigenvalue weighted by Crippen LogP contribution is 2.34. The molecule has 2 aromatic carbocycles. The molecule has 0 aliphatic rings. The molecule has 0 aromatic heterocycles. The van der Waals surface area contributed by atoms with Crippen LogP contribution in [0.2, 0.25) is 0 Å². The maximum absolute atomic E-state index is 13.7. The van der Waals surface area contributed by atoms with E-state index in [1.807, 2.05) is 12.1 Å². The lowest BCUT2D eigenvalue weighted by Gasteiger charge is -2.22. The number of benzene rings is 2. The van der Waals surface area contributed by atoms with Gasteiger partial charge in [-0.15, -0.1) is 0 Å². The number of nitrogens with one attached hydrogen (secondary N) is 1. The third-order valence-electron chi connectivity index (χ3n) is 3.48. The Morgan fingerprint density at radius 1 is 1.08 bits per heavy atom. The van der Waals surface area contributed by atoms with Crippen LogP contribution in [0, 0.1) is 5.82 Å². The first kappa shape index (κ1) is 18.7. The Morgan fingerprint density at radius 3 is 2.42 bits per heavy atom. The molecule has 0 fully saturated rings. The molecular formula is C19H23BrFNO2. The van der Waals surface area contributed by atoms with Crippen LogP contribution in [0.15, 0.2) is 40.9 Å². The monoisotopic (exact) mass is 395 g/mol. The van der Waals surface area contributed by atoms with E-state index in [0.29, 0.717) is 23.6 Å². The van der Waals surface area contributed by atoms with Gasteiger partial charge in [-0.2, -0.15) is 0 Å². The summed E-state index contributed by atoms with van der Waals surface area (Å²) in [4.78, 5) is 0. The van der Waals surface area contributed by atoms with Crippen molar-refractivity contribution >= 4 is 15.9 Å². The molecule has 0 aliphatic carbocycles. The number of halogens is 2. The lowest BCUT2D eigenvalue weighted by Crippen LogP contribution is -2.35. The van der Waals surface area contributed by atoms with Crippen LogP contribution in [-0.4, -0.2) is 12.6 Å². The Hall–Kier alpha value is -1.59. The van der Waals surface area contributed by atoms with Crippen LogP contribution in [0.5, 0.6) is 11.5 Å². The second-order valence-corrected chi connectivity index (χ2v) is 7.43. The summed E-state index contributed by atoms with van der Waals surface area (Å²) in [6.07, 6.45) is 0. The SMILES string of the molecule is COc1cc(CNC(C)(C)C)c(Br)cc1OCc1ccccc1F. The van der Waals surface area contributed by atoms with Gasteiger partial charge in [0, 0.05) is 22.1 Å². The average molecular weight is 396 g/mol. The first-order valence-corrected chi connectivity index (χ1v) is 8.57. The molecule has 0 radical (unpaired) electrons. The van der Waals surface area contributed by atoms with Gasteiger partial charge in [0.1, 0.15) is 12.4 Å². The van der Waals surface area contributed by atoms with Gasteiger partial charge in [0.15, 0.2) is 11.5 Å². The molecular weight excluding hydrogens is 373 g/mol. The Morgan fingerprint density at radius 2 is 1.79 bits per heavy atom. The van der Waals surface area contributed by atoms with E-state index in [1.165, 1.54) is 6.07 Å². The second kappa shape index (κ2) is 7.99. The van der Waals surface area contributed by atoms with Gasteiger partial charge >= 0.3 is 0 Å². The molecule has 2 aromatic rings. The summed E-state index contributed by atoms with van der Waals surface area (Å²) in [5, 5.41) is 3.44. The number of ether oxygens (including phenoxy) is 2. The van der Waals surface area contributed by atoms with Gasteiger partial charge in [0.25, 0.3) is 0 Å². The molecule has 0 saturated heterocycles. The predicted molar refractivity (Wildman–Crippen MR) is 98.0 cm³/mol. The van der Waals surface area contributed by atoms with Gasteiger partial charge in [-0.25, -0.2) is 4.39 Å². The van der Waals surface area contributed by atoms with Crippen LogP contribution in [0.1, 0.15) is 31.9 Å². The third kappa shape index (κ3) is 5.21. The summed E-state index contributed by atoms with van der Waals surface area (Å²) >= 11 is 3.57. The van der Waals surface area contributed by atoms with E-state index in [1.54, 1.807) is 25.3 Å². The molecule has 0 heterocycles. The second-order valence-electron chi connectivity index (χ2n) is 6.58. The van der Waals surface area contributed by atoms with Gasteiger partial charge in [-0.3, -0.25) is 0 Å². The predicted octanol–water partition coefficient (Wildman–Crippen LogP) is 5.06. The summed E-state index contributed by atoms with van der Waals surface area (Å²) in [5.41, 5.74) is 1.60. The summed E-state index contributed by atoms with van der Waals surface area (Å²) in [6, 6.07) is 10.4. The molecule has 2 rings (SSSR count). The minimum Gasteiger partial charge on any atom is -0.493 e. The molecule has 24 heavy (non-hydrogen) atoms. The van der Waals surface area contributed by atoms with Crippen molar-refractivity contribution in [2.45, 2.75) is 39.5 Å². The number of rotatable bonds is 6. The fraction of sp³-hybridized carbons (Fsp3) is 0.368. The molecule has 0 spiro atoms. The lowest BCUT2D eigenvalue weighted by atomic mass is 10.1. The first-order chi connectivity index (χ1) is 11.3. The Bertz CT molecular complexity index is 698. The van der Waals surface area contributed by atoms with Crippen LogP contribution in [0.3, 0.4) is 0 Å². The van der Waals surface area contributed by atoms with Gasteiger partial charge in [-0.1, -0.05) is 34.1 Å². The van der Waals surface area contributed by atoms with Crippen molar-refractivity contribution < 1.29 is 13.9 Å². The van der Waals surface area contributed by atoms with Crippen LogP contribution in [0.4, 0.5) is 4.39 Å². The molecule has 0 bridgehead atoms. The summed E-state index contributed by atoms with van der Waals surface area (Å²) < 4.78 is 25.8. The van der Waals surface area contributed by atoms with Crippen molar-refractivity contribution in [3.05, 3.63) is 57.8 Å². The standard InChI is InChI=1S/C19H23BrFNO2/c1-19(2,3)22-11-14-9-17(23-4)18(10-15(14)20)24-12-13-7-5-6-8-16(13)21/h5-10,22H,11-12H2,1-4H3. The van der Waals surface area contributed by atoms with E-state index in [2.05, 4.69) is 42.0 Å². The highest BCUT2D eigenvalue weighted by molar-refractivity contribution is 9.10. The average Bonchev–Trinajstić information content (AvgIpc) is 2.52. The Balaban J connectivity index is 2.15. The quantitative estimate of drug-likeness (QED) is 0.740. The van der Waals surface area contributed by atoms with Crippen molar-refractivity contribution in [3.8, 4) is 11.5 Å². The topological polar surface area (TPSA) is 30.5 Å². The van der Waals surface area contributed by atoms with Crippen molar-refractivity contribution in [2.24, 2.45) is 0 Å². The zero-order valence-corrected chi connectivity index (χ0v) is 16.0. The number of hydrogen-bond donors (Lipinski definition) is 1. The zero-order chi connectivity index (χ0) is 17.7.